The molecule has 78 valence electrons. The maximum Gasteiger partial charge on any atom is 0.0514 e. The van der Waals surface area contributed by atoms with Crippen LogP contribution in [0.15, 0.2) is 12.2 Å². The molecule has 0 amide bonds. The van der Waals surface area contributed by atoms with Crippen molar-refractivity contribution >= 4 is 11.8 Å². The SMILES string of the molecule is C=C1CCN2C3(CC3)CCC12CSC. The van der Waals surface area contributed by atoms with Crippen LogP contribution in [0.3, 0.4) is 0 Å². The van der Waals surface area contributed by atoms with E-state index < -0.39 is 0 Å². The van der Waals surface area contributed by atoms with E-state index in [4.69, 9.17) is 0 Å². The lowest BCUT2D eigenvalue weighted by Gasteiger charge is -2.35. The Bertz CT molecular complexity index is 282. The molecule has 2 heteroatoms. The van der Waals surface area contributed by atoms with E-state index in [1.807, 2.05) is 11.8 Å². The Labute approximate surface area is 90.9 Å². The molecule has 0 N–H and O–H groups in total. The van der Waals surface area contributed by atoms with Gasteiger partial charge in [-0.1, -0.05) is 12.2 Å². The van der Waals surface area contributed by atoms with Gasteiger partial charge >= 0.3 is 0 Å². The standard InChI is InChI=1S/C12H19NS/c1-10-3-8-13-11(4-5-11)6-7-12(10,13)9-14-2/h1,3-9H2,2H3. The monoisotopic (exact) mass is 209 g/mol. The molecule has 3 rings (SSSR count). The van der Waals surface area contributed by atoms with Gasteiger partial charge in [0, 0.05) is 17.8 Å². The lowest BCUT2D eigenvalue weighted by molar-refractivity contribution is 0.175. The maximum atomic E-state index is 4.33. The molecule has 1 aliphatic carbocycles. The van der Waals surface area contributed by atoms with Crippen LogP contribution >= 0.6 is 11.8 Å². The predicted molar refractivity (Wildman–Crippen MR) is 62.8 cm³/mol. The van der Waals surface area contributed by atoms with Crippen LogP contribution in [0.4, 0.5) is 0 Å². The van der Waals surface area contributed by atoms with Crippen LogP contribution < -0.4 is 0 Å². The van der Waals surface area contributed by atoms with Crippen molar-refractivity contribution in [1.29, 1.82) is 0 Å². The zero-order valence-corrected chi connectivity index (χ0v) is 9.83. The lowest BCUT2D eigenvalue weighted by atomic mass is 9.92. The maximum absolute atomic E-state index is 4.33. The highest BCUT2D eigenvalue weighted by molar-refractivity contribution is 7.98. The molecule has 3 fully saturated rings. The molecule has 0 bridgehead atoms. The van der Waals surface area contributed by atoms with E-state index in [1.54, 1.807) is 0 Å². The van der Waals surface area contributed by atoms with Crippen LogP contribution in [-0.4, -0.2) is 34.5 Å². The van der Waals surface area contributed by atoms with Gasteiger partial charge in [-0.05, 0) is 38.4 Å². The highest BCUT2D eigenvalue weighted by Crippen LogP contribution is 2.60. The summed E-state index contributed by atoms with van der Waals surface area (Å²) in [6.07, 6.45) is 9.21. The first-order chi connectivity index (χ1) is 6.73. The summed E-state index contributed by atoms with van der Waals surface area (Å²) in [4.78, 5) is 2.82. The molecule has 3 aliphatic rings. The second-order valence-corrected chi connectivity index (χ2v) is 6.06. The van der Waals surface area contributed by atoms with Gasteiger partial charge in [-0.15, -0.1) is 0 Å². The molecule has 1 saturated carbocycles. The molecule has 14 heavy (non-hydrogen) atoms. The van der Waals surface area contributed by atoms with Crippen molar-refractivity contribution in [1.82, 2.24) is 4.90 Å². The Morgan fingerprint density at radius 1 is 1.36 bits per heavy atom. The van der Waals surface area contributed by atoms with Gasteiger partial charge in [0.1, 0.15) is 0 Å². The van der Waals surface area contributed by atoms with Gasteiger partial charge in [-0.25, -0.2) is 0 Å². The molecule has 1 spiro atoms. The summed E-state index contributed by atoms with van der Waals surface area (Å²) in [5.41, 5.74) is 2.58. The third-order valence-electron chi connectivity index (χ3n) is 4.60. The minimum absolute atomic E-state index is 0.413. The summed E-state index contributed by atoms with van der Waals surface area (Å²) >= 11 is 2.00. The first-order valence-corrected chi connectivity index (χ1v) is 7.08. The first kappa shape index (κ1) is 9.29. The highest BCUT2D eigenvalue weighted by atomic mass is 32.2. The molecule has 2 saturated heterocycles. The first-order valence-electron chi connectivity index (χ1n) is 5.69. The molecule has 0 radical (unpaired) electrons. The fraction of sp³-hybridized carbons (Fsp3) is 0.833. The summed E-state index contributed by atoms with van der Waals surface area (Å²) in [5.74, 6) is 1.27. The third-order valence-corrected chi connectivity index (χ3v) is 5.37. The van der Waals surface area contributed by atoms with Crippen molar-refractivity contribution in [3.8, 4) is 0 Å². The van der Waals surface area contributed by atoms with E-state index in [-0.39, 0.29) is 0 Å². The van der Waals surface area contributed by atoms with E-state index in [0.29, 0.717) is 11.1 Å². The van der Waals surface area contributed by atoms with E-state index >= 15 is 0 Å². The van der Waals surface area contributed by atoms with E-state index in [0.717, 1.165) is 0 Å². The smallest absolute Gasteiger partial charge is 0.0514 e. The van der Waals surface area contributed by atoms with Gasteiger partial charge < -0.3 is 0 Å². The summed E-state index contributed by atoms with van der Waals surface area (Å²) < 4.78 is 0. The van der Waals surface area contributed by atoms with Crippen LogP contribution in [-0.2, 0) is 0 Å². The van der Waals surface area contributed by atoms with Gasteiger partial charge in [-0.2, -0.15) is 11.8 Å². The number of rotatable bonds is 2. The number of nitrogens with zero attached hydrogens (tertiary/aromatic N) is 1. The summed E-state index contributed by atoms with van der Waals surface area (Å²) in [5, 5.41) is 0. The zero-order valence-electron chi connectivity index (χ0n) is 9.01. The van der Waals surface area contributed by atoms with Crippen LogP contribution in [0.25, 0.3) is 0 Å². The van der Waals surface area contributed by atoms with Gasteiger partial charge in [0.15, 0.2) is 0 Å². The van der Waals surface area contributed by atoms with Crippen molar-refractivity contribution < 1.29 is 0 Å². The second-order valence-electron chi connectivity index (χ2n) is 5.19. The molecule has 1 nitrogen and oxygen atoms in total. The molecule has 0 aromatic rings. The van der Waals surface area contributed by atoms with Crippen molar-refractivity contribution in [3.05, 3.63) is 12.2 Å². The Balaban J connectivity index is 1.94. The number of thioether (sulfide) groups is 1. The summed E-state index contributed by atoms with van der Waals surface area (Å²) in [7, 11) is 0. The average Bonchev–Trinajstić information content (AvgIpc) is 2.79. The number of fused-ring (bicyclic) bond motifs is 2. The second kappa shape index (κ2) is 2.79. The quantitative estimate of drug-likeness (QED) is 0.643. The number of hydrogen-bond acceptors (Lipinski definition) is 2. The van der Waals surface area contributed by atoms with E-state index in [2.05, 4.69) is 17.7 Å². The predicted octanol–water partition coefficient (Wildman–Crippen LogP) is 2.68. The fourth-order valence-corrected chi connectivity index (χ4v) is 4.60. The molecular formula is C12H19NS. The lowest BCUT2D eigenvalue weighted by Crippen LogP contribution is -2.46. The topological polar surface area (TPSA) is 3.24 Å². The normalized spacial score (nSPS) is 39.4. The molecular weight excluding hydrogens is 190 g/mol. The van der Waals surface area contributed by atoms with Crippen LogP contribution in [0.1, 0.15) is 32.1 Å². The van der Waals surface area contributed by atoms with E-state index in [9.17, 15) is 0 Å². The Morgan fingerprint density at radius 2 is 2.07 bits per heavy atom. The molecule has 2 heterocycles. The molecule has 0 aromatic carbocycles. The molecule has 2 aliphatic heterocycles. The summed E-state index contributed by atoms with van der Waals surface area (Å²) in [6.45, 7) is 5.62. The van der Waals surface area contributed by atoms with Crippen molar-refractivity contribution in [2.24, 2.45) is 0 Å². The van der Waals surface area contributed by atoms with Gasteiger partial charge in [-0.3, -0.25) is 4.90 Å². The van der Waals surface area contributed by atoms with Crippen LogP contribution in [0.5, 0.6) is 0 Å². The molecule has 1 atom stereocenters. The average molecular weight is 209 g/mol. The molecule has 0 aromatic heterocycles. The van der Waals surface area contributed by atoms with Crippen molar-refractivity contribution in [3.63, 3.8) is 0 Å². The fourth-order valence-electron chi connectivity index (χ4n) is 3.62. The largest absolute Gasteiger partial charge is 0.287 e. The molecule has 1 unspecified atom stereocenters. The van der Waals surface area contributed by atoms with E-state index in [1.165, 1.54) is 50.0 Å². The Morgan fingerprint density at radius 3 is 2.71 bits per heavy atom. The van der Waals surface area contributed by atoms with Crippen molar-refractivity contribution in [2.75, 3.05) is 18.6 Å². The van der Waals surface area contributed by atoms with Gasteiger partial charge in [0.2, 0.25) is 0 Å². The zero-order chi connectivity index (χ0) is 9.81. The van der Waals surface area contributed by atoms with Gasteiger partial charge in [0.05, 0.1) is 5.54 Å². The minimum atomic E-state index is 0.413. The van der Waals surface area contributed by atoms with Crippen LogP contribution in [0, 0.1) is 0 Å². The van der Waals surface area contributed by atoms with Gasteiger partial charge in [0.25, 0.3) is 0 Å². The Kier molecular flexibility index (Phi) is 1.85. The Hall–Kier alpha value is 0.0500. The summed E-state index contributed by atoms with van der Waals surface area (Å²) in [6, 6.07) is 0. The highest BCUT2D eigenvalue weighted by Gasteiger charge is 2.62. The van der Waals surface area contributed by atoms with Crippen molar-refractivity contribution in [2.45, 2.75) is 43.2 Å². The van der Waals surface area contributed by atoms with Crippen LogP contribution in [0.2, 0.25) is 0 Å². The minimum Gasteiger partial charge on any atom is -0.287 e. The number of hydrogen-bond donors (Lipinski definition) is 0. The third kappa shape index (κ3) is 0.965.